The van der Waals surface area contributed by atoms with Gasteiger partial charge in [0.1, 0.15) is 0 Å². The summed E-state index contributed by atoms with van der Waals surface area (Å²) >= 11 is 1.59. The molecular weight excluding hydrogens is 248 g/mol. The molecular formula is C12H16N4OS. The molecule has 0 radical (unpaired) electrons. The Balaban J connectivity index is 2.06. The van der Waals surface area contributed by atoms with Gasteiger partial charge in [0.25, 0.3) is 0 Å². The van der Waals surface area contributed by atoms with Crippen LogP contribution in [0.15, 0.2) is 23.4 Å². The first-order valence-corrected chi connectivity index (χ1v) is 6.75. The maximum absolute atomic E-state index is 8.90. The molecule has 2 aromatic rings. The predicted octanol–water partition coefficient (Wildman–Crippen LogP) is 1.57. The fourth-order valence-electron chi connectivity index (χ4n) is 1.63. The summed E-state index contributed by atoms with van der Waals surface area (Å²) in [5.41, 5.74) is 3.82. The number of thioether (sulfide) groups is 1. The lowest BCUT2D eigenvalue weighted by atomic mass is 10.1. The van der Waals surface area contributed by atoms with Gasteiger partial charge in [-0.3, -0.25) is 0 Å². The minimum absolute atomic E-state index is 0.0437. The number of aliphatic hydroxyl groups is 1. The van der Waals surface area contributed by atoms with Crippen LogP contribution in [0.5, 0.6) is 0 Å². The van der Waals surface area contributed by atoms with Gasteiger partial charge in [0.15, 0.2) is 0 Å². The van der Waals surface area contributed by atoms with Crippen molar-refractivity contribution in [2.24, 2.45) is 0 Å². The molecule has 0 saturated heterocycles. The number of aryl methyl sites for hydroxylation is 2. The van der Waals surface area contributed by atoms with Crippen molar-refractivity contribution in [2.75, 3.05) is 6.61 Å². The van der Waals surface area contributed by atoms with Crippen molar-refractivity contribution < 1.29 is 5.11 Å². The van der Waals surface area contributed by atoms with Gasteiger partial charge in [0.05, 0.1) is 13.2 Å². The number of aliphatic hydroxyl groups excluding tert-OH is 1. The van der Waals surface area contributed by atoms with E-state index < -0.39 is 0 Å². The Morgan fingerprint density at radius 2 is 2.17 bits per heavy atom. The van der Waals surface area contributed by atoms with E-state index in [4.69, 9.17) is 5.11 Å². The fourth-order valence-corrected chi connectivity index (χ4v) is 2.60. The number of tetrazole rings is 1. The lowest BCUT2D eigenvalue weighted by Crippen LogP contribution is -2.05. The third-order valence-corrected chi connectivity index (χ3v) is 3.68. The maximum Gasteiger partial charge on any atom is 0.209 e. The first-order valence-electron chi connectivity index (χ1n) is 5.76. The Labute approximate surface area is 110 Å². The van der Waals surface area contributed by atoms with Crippen molar-refractivity contribution in [3.63, 3.8) is 0 Å². The summed E-state index contributed by atoms with van der Waals surface area (Å²) in [5.74, 6) is 0.833. The van der Waals surface area contributed by atoms with Gasteiger partial charge in [-0.15, -0.1) is 5.10 Å². The van der Waals surface area contributed by atoms with Crippen LogP contribution in [0, 0.1) is 13.8 Å². The lowest BCUT2D eigenvalue weighted by molar-refractivity contribution is 0.262. The van der Waals surface area contributed by atoms with E-state index >= 15 is 0 Å². The molecule has 2 rings (SSSR count). The zero-order valence-electron chi connectivity index (χ0n) is 10.5. The van der Waals surface area contributed by atoms with Crippen molar-refractivity contribution >= 4 is 11.8 Å². The Hall–Kier alpha value is -1.40. The quantitative estimate of drug-likeness (QED) is 0.831. The average Bonchev–Trinajstić information content (AvgIpc) is 2.78. The van der Waals surface area contributed by atoms with E-state index in [9.17, 15) is 0 Å². The largest absolute Gasteiger partial charge is 0.394 e. The Morgan fingerprint density at radius 3 is 2.94 bits per heavy atom. The second-order valence-electron chi connectivity index (χ2n) is 4.13. The summed E-state index contributed by atoms with van der Waals surface area (Å²) in [7, 11) is 0. The average molecular weight is 264 g/mol. The Kier molecular flexibility index (Phi) is 4.33. The van der Waals surface area contributed by atoms with E-state index in [0.717, 1.165) is 10.9 Å². The highest BCUT2D eigenvalue weighted by atomic mass is 32.2. The van der Waals surface area contributed by atoms with Crippen LogP contribution in [0.1, 0.15) is 16.7 Å². The van der Waals surface area contributed by atoms with E-state index in [1.54, 1.807) is 16.4 Å². The number of hydrogen-bond donors (Lipinski definition) is 1. The van der Waals surface area contributed by atoms with Crippen molar-refractivity contribution in [1.29, 1.82) is 0 Å². The molecule has 1 heterocycles. The molecule has 5 nitrogen and oxygen atoms in total. The lowest BCUT2D eigenvalue weighted by Gasteiger charge is -2.06. The van der Waals surface area contributed by atoms with Crippen LogP contribution in [0.3, 0.4) is 0 Å². The molecule has 6 heteroatoms. The van der Waals surface area contributed by atoms with Gasteiger partial charge in [0, 0.05) is 5.75 Å². The Bertz CT molecular complexity index is 527. The zero-order chi connectivity index (χ0) is 13.0. The minimum atomic E-state index is 0.0437. The molecule has 1 N–H and O–H groups in total. The van der Waals surface area contributed by atoms with Crippen molar-refractivity contribution in [3.05, 3.63) is 34.9 Å². The molecule has 0 aliphatic rings. The van der Waals surface area contributed by atoms with Crippen LogP contribution < -0.4 is 0 Å². The van der Waals surface area contributed by atoms with Gasteiger partial charge < -0.3 is 5.11 Å². The van der Waals surface area contributed by atoms with Gasteiger partial charge in [0.2, 0.25) is 5.16 Å². The third-order valence-electron chi connectivity index (χ3n) is 2.67. The molecule has 0 fully saturated rings. The molecule has 0 unspecified atom stereocenters. The monoisotopic (exact) mass is 264 g/mol. The van der Waals surface area contributed by atoms with E-state index in [-0.39, 0.29) is 6.61 Å². The SMILES string of the molecule is Cc1ccc(C)c(CSc2nnnn2CCO)c1. The summed E-state index contributed by atoms with van der Waals surface area (Å²) in [6.45, 7) is 4.67. The van der Waals surface area contributed by atoms with Gasteiger partial charge >= 0.3 is 0 Å². The third kappa shape index (κ3) is 3.08. The van der Waals surface area contributed by atoms with Crippen LogP contribution >= 0.6 is 11.8 Å². The normalized spacial score (nSPS) is 10.8. The van der Waals surface area contributed by atoms with Gasteiger partial charge in [-0.2, -0.15) is 0 Å². The fraction of sp³-hybridized carbons (Fsp3) is 0.417. The number of hydrogen-bond acceptors (Lipinski definition) is 5. The van der Waals surface area contributed by atoms with Crippen LogP contribution in [-0.4, -0.2) is 31.9 Å². The molecule has 0 atom stereocenters. The van der Waals surface area contributed by atoms with Crippen LogP contribution in [0.4, 0.5) is 0 Å². The van der Waals surface area contributed by atoms with E-state index in [0.29, 0.717) is 6.54 Å². The second-order valence-corrected chi connectivity index (χ2v) is 5.07. The molecule has 0 spiro atoms. The van der Waals surface area contributed by atoms with Gasteiger partial charge in [-0.1, -0.05) is 35.5 Å². The smallest absolute Gasteiger partial charge is 0.209 e. The molecule has 18 heavy (non-hydrogen) atoms. The number of rotatable bonds is 5. The van der Waals surface area contributed by atoms with Crippen LogP contribution in [-0.2, 0) is 12.3 Å². The molecule has 0 saturated carbocycles. The molecule has 96 valence electrons. The first-order chi connectivity index (χ1) is 8.70. The molecule has 1 aromatic carbocycles. The molecule has 1 aromatic heterocycles. The highest BCUT2D eigenvalue weighted by Gasteiger charge is 2.07. The molecule has 0 bridgehead atoms. The Morgan fingerprint density at radius 1 is 1.33 bits per heavy atom. The summed E-state index contributed by atoms with van der Waals surface area (Å²) in [4.78, 5) is 0. The molecule has 0 amide bonds. The summed E-state index contributed by atoms with van der Waals surface area (Å²) in [6, 6.07) is 6.42. The highest BCUT2D eigenvalue weighted by Crippen LogP contribution is 2.22. The maximum atomic E-state index is 8.90. The molecule has 0 aliphatic carbocycles. The van der Waals surface area contributed by atoms with Crippen LogP contribution in [0.2, 0.25) is 0 Å². The van der Waals surface area contributed by atoms with Crippen molar-refractivity contribution in [2.45, 2.75) is 31.3 Å². The summed E-state index contributed by atoms with van der Waals surface area (Å²) in [6.07, 6.45) is 0. The summed E-state index contributed by atoms with van der Waals surface area (Å²) < 4.78 is 1.62. The minimum Gasteiger partial charge on any atom is -0.394 e. The molecule has 0 aliphatic heterocycles. The highest BCUT2D eigenvalue weighted by molar-refractivity contribution is 7.98. The number of aromatic nitrogens is 4. The van der Waals surface area contributed by atoms with Crippen molar-refractivity contribution in [1.82, 2.24) is 20.2 Å². The number of nitrogens with zero attached hydrogens (tertiary/aromatic N) is 4. The number of benzene rings is 1. The van der Waals surface area contributed by atoms with E-state index in [1.807, 2.05) is 0 Å². The summed E-state index contributed by atoms with van der Waals surface area (Å²) in [5, 5.41) is 21.1. The van der Waals surface area contributed by atoms with E-state index in [1.165, 1.54) is 16.7 Å². The zero-order valence-corrected chi connectivity index (χ0v) is 11.3. The standard InChI is InChI=1S/C12H16N4OS/c1-9-3-4-10(2)11(7-9)8-18-12-13-14-15-16(12)5-6-17/h3-4,7,17H,5-6,8H2,1-2H3. The van der Waals surface area contributed by atoms with Gasteiger partial charge in [-0.25, -0.2) is 4.68 Å². The predicted molar refractivity (Wildman–Crippen MR) is 70.4 cm³/mol. The van der Waals surface area contributed by atoms with E-state index in [2.05, 4.69) is 47.6 Å². The van der Waals surface area contributed by atoms with Crippen LogP contribution in [0.25, 0.3) is 0 Å². The van der Waals surface area contributed by atoms with Crippen molar-refractivity contribution in [3.8, 4) is 0 Å². The topological polar surface area (TPSA) is 63.8 Å². The second kappa shape index (κ2) is 5.97. The first kappa shape index (κ1) is 13.0. The van der Waals surface area contributed by atoms with Gasteiger partial charge in [-0.05, 0) is 35.4 Å².